The van der Waals surface area contributed by atoms with Crippen LogP contribution in [0.25, 0.3) is 0 Å². The molecule has 0 amide bonds. The Balaban J connectivity index is 2.87. The third-order valence-corrected chi connectivity index (χ3v) is 2.41. The standard InChI is InChI=1S/C11H12ClF3O/c1-2-3-7-16-9-6-4-5-8(10(9)12)11(13,14)15/h4-6H,2-3,7H2,1H3. The van der Waals surface area contributed by atoms with E-state index < -0.39 is 11.7 Å². The van der Waals surface area contributed by atoms with Gasteiger partial charge in [0.25, 0.3) is 0 Å². The lowest BCUT2D eigenvalue weighted by Gasteiger charge is -2.12. The average Bonchev–Trinajstić information content (AvgIpc) is 2.19. The van der Waals surface area contributed by atoms with Crippen molar-refractivity contribution < 1.29 is 17.9 Å². The number of rotatable bonds is 4. The van der Waals surface area contributed by atoms with Crippen LogP contribution in [0, 0.1) is 0 Å². The van der Waals surface area contributed by atoms with Gasteiger partial charge in [-0.2, -0.15) is 13.2 Å². The molecular formula is C11H12ClF3O. The number of ether oxygens (including phenoxy) is 1. The first-order chi connectivity index (χ1) is 7.46. The fraction of sp³-hybridized carbons (Fsp3) is 0.455. The molecule has 16 heavy (non-hydrogen) atoms. The number of benzene rings is 1. The Labute approximate surface area is 97.2 Å². The molecule has 0 saturated carbocycles. The summed E-state index contributed by atoms with van der Waals surface area (Å²) >= 11 is 5.63. The van der Waals surface area contributed by atoms with E-state index in [-0.39, 0.29) is 10.8 Å². The maximum Gasteiger partial charge on any atom is 0.417 e. The maximum atomic E-state index is 12.5. The lowest BCUT2D eigenvalue weighted by molar-refractivity contribution is -0.137. The van der Waals surface area contributed by atoms with Gasteiger partial charge in [-0.1, -0.05) is 31.0 Å². The topological polar surface area (TPSA) is 9.23 Å². The zero-order valence-electron chi connectivity index (χ0n) is 8.77. The summed E-state index contributed by atoms with van der Waals surface area (Å²) < 4.78 is 42.6. The van der Waals surface area contributed by atoms with E-state index >= 15 is 0 Å². The molecular weight excluding hydrogens is 241 g/mol. The van der Waals surface area contributed by atoms with Crippen LogP contribution in [-0.2, 0) is 6.18 Å². The van der Waals surface area contributed by atoms with Crippen LogP contribution < -0.4 is 4.74 Å². The molecule has 0 heterocycles. The Morgan fingerprint density at radius 1 is 1.31 bits per heavy atom. The lowest BCUT2D eigenvalue weighted by atomic mass is 10.2. The zero-order chi connectivity index (χ0) is 12.2. The lowest BCUT2D eigenvalue weighted by Crippen LogP contribution is -2.07. The van der Waals surface area contributed by atoms with Crippen molar-refractivity contribution in [2.75, 3.05) is 6.61 Å². The molecule has 0 N–H and O–H groups in total. The van der Waals surface area contributed by atoms with Crippen LogP contribution in [0.1, 0.15) is 25.3 Å². The van der Waals surface area contributed by atoms with Gasteiger partial charge in [-0.15, -0.1) is 0 Å². The highest BCUT2D eigenvalue weighted by molar-refractivity contribution is 6.32. The molecule has 0 aliphatic heterocycles. The van der Waals surface area contributed by atoms with Crippen molar-refractivity contribution in [1.82, 2.24) is 0 Å². The van der Waals surface area contributed by atoms with Gasteiger partial charge in [0.2, 0.25) is 0 Å². The first-order valence-electron chi connectivity index (χ1n) is 4.95. The van der Waals surface area contributed by atoms with E-state index in [2.05, 4.69) is 0 Å². The fourth-order valence-electron chi connectivity index (χ4n) is 1.17. The molecule has 1 nitrogen and oxygen atoms in total. The molecule has 0 aromatic heterocycles. The van der Waals surface area contributed by atoms with Crippen molar-refractivity contribution in [3.05, 3.63) is 28.8 Å². The third kappa shape index (κ3) is 3.30. The summed E-state index contributed by atoms with van der Waals surface area (Å²) in [5.41, 5.74) is -0.858. The van der Waals surface area contributed by atoms with Gasteiger partial charge in [-0.05, 0) is 18.6 Å². The largest absolute Gasteiger partial charge is 0.492 e. The highest BCUT2D eigenvalue weighted by Gasteiger charge is 2.34. The predicted molar refractivity (Wildman–Crippen MR) is 56.9 cm³/mol. The van der Waals surface area contributed by atoms with E-state index in [1.807, 2.05) is 6.92 Å². The van der Waals surface area contributed by atoms with Gasteiger partial charge in [0, 0.05) is 0 Å². The Kier molecular flexibility index (Phi) is 4.47. The molecule has 1 aromatic carbocycles. The number of unbranched alkanes of at least 4 members (excludes halogenated alkanes) is 1. The van der Waals surface area contributed by atoms with Crippen molar-refractivity contribution in [2.24, 2.45) is 0 Å². The van der Waals surface area contributed by atoms with Gasteiger partial charge >= 0.3 is 6.18 Å². The summed E-state index contributed by atoms with van der Waals surface area (Å²) in [5.74, 6) is 0.0879. The molecule has 0 radical (unpaired) electrons. The van der Waals surface area contributed by atoms with Crippen LogP contribution in [0.5, 0.6) is 5.75 Å². The van der Waals surface area contributed by atoms with E-state index in [1.54, 1.807) is 0 Å². The summed E-state index contributed by atoms with van der Waals surface area (Å²) in [4.78, 5) is 0. The number of halogens is 4. The molecule has 1 rings (SSSR count). The van der Waals surface area contributed by atoms with Crippen LogP contribution >= 0.6 is 11.6 Å². The van der Waals surface area contributed by atoms with Crippen molar-refractivity contribution >= 4 is 11.6 Å². The molecule has 0 saturated heterocycles. The second kappa shape index (κ2) is 5.43. The average molecular weight is 253 g/mol. The van der Waals surface area contributed by atoms with Gasteiger partial charge in [-0.3, -0.25) is 0 Å². The van der Waals surface area contributed by atoms with Crippen LogP contribution in [0.2, 0.25) is 5.02 Å². The molecule has 0 spiro atoms. The Bertz CT molecular complexity index is 350. The second-order valence-corrected chi connectivity index (χ2v) is 3.70. The molecule has 0 aliphatic carbocycles. The minimum absolute atomic E-state index is 0.0879. The first-order valence-corrected chi connectivity index (χ1v) is 5.33. The third-order valence-electron chi connectivity index (χ3n) is 2.02. The Morgan fingerprint density at radius 2 is 2.00 bits per heavy atom. The van der Waals surface area contributed by atoms with Crippen molar-refractivity contribution in [3.63, 3.8) is 0 Å². The summed E-state index contributed by atoms with van der Waals surface area (Å²) in [6, 6.07) is 3.66. The fourth-order valence-corrected chi connectivity index (χ4v) is 1.46. The van der Waals surface area contributed by atoms with Crippen molar-refractivity contribution in [1.29, 1.82) is 0 Å². The van der Waals surface area contributed by atoms with Crippen LogP contribution in [0.3, 0.4) is 0 Å². The second-order valence-electron chi connectivity index (χ2n) is 3.32. The molecule has 90 valence electrons. The highest BCUT2D eigenvalue weighted by atomic mass is 35.5. The summed E-state index contributed by atoms with van der Waals surface area (Å²) in [6.07, 6.45) is -2.75. The molecule has 0 bridgehead atoms. The van der Waals surface area contributed by atoms with E-state index in [0.29, 0.717) is 6.61 Å². The molecule has 1 aromatic rings. The highest BCUT2D eigenvalue weighted by Crippen LogP contribution is 2.39. The minimum Gasteiger partial charge on any atom is -0.492 e. The minimum atomic E-state index is -4.44. The van der Waals surface area contributed by atoms with Gasteiger partial charge in [-0.25, -0.2) is 0 Å². The summed E-state index contributed by atoms with van der Waals surface area (Å²) in [6.45, 7) is 2.34. The molecule has 0 aliphatic rings. The molecule has 0 unspecified atom stereocenters. The van der Waals surface area contributed by atoms with Gasteiger partial charge in [0.15, 0.2) is 0 Å². The van der Waals surface area contributed by atoms with Gasteiger partial charge in [0.1, 0.15) is 5.75 Å². The summed E-state index contributed by atoms with van der Waals surface area (Å²) in [5, 5.41) is -0.369. The van der Waals surface area contributed by atoms with Crippen molar-refractivity contribution in [2.45, 2.75) is 25.9 Å². The van der Waals surface area contributed by atoms with E-state index in [9.17, 15) is 13.2 Å². The number of hydrogen-bond donors (Lipinski definition) is 0. The van der Waals surface area contributed by atoms with Crippen LogP contribution in [-0.4, -0.2) is 6.61 Å². The normalized spacial score (nSPS) is 11.6. The van der Waals surface area contributed by atoms with E-state index in [0.717, 1.165) is 18.9 Å². The maximum absolute atomic E-state index is 12.5. The molecule has 0 atom stereocenters. The van der Waals surface area contributed by atoms with Gasteiger partial charge in [0.05, 0.1) is 17.2 Å². The van der Waals surface area contributed by atoms with Crippen LogP contribution in [0.4, 0.5) is 13.2 Å². The quantitative estimate of drug-likeness (QED) is 0.715. The SMILES string of the molecule is CCCCOc1cccc(C(F)(F)F)c1Cl. The predicted octanol–water partition coefficient (Wildman–Crippen LogP) is 4.54. The smallest absolute Gasteiger partial charge is 0.417 e. The van der Waals surface area contributed by atoms with E-state index in [1.165, 1.54) is 12.1 Å². The van der Waals surface area contributed by atoms with Gasteiger partial charge < -0.3 is 4.74 Å². The zero-order valence-corrected chi connectivity index (χ0v) is 9.53. The van der Waals surface area contributed by atoms with Crippen LogP contribution in [0.15, 0.2) is 18.2 Å². The Hall–Kier alpha value is -0.900. The summed E-state index contributed by atoms with van der Waals surface area (Å²) in [7, 11) is 0. The Morgan fingerprint density at radius 3 is 2.56 bits per heavy atom. The molecule has 5 heteroatoms. The van der Waals surface area contributed by atoms with E-state index in [4.69, 9.17) is 16.3 Å². The monoisotopic (exact) mass is 252 g/mol. The molecule has 0 fully saturated rings. The number of alkyl halides is 3. The van der Waals surface area contributed by atoms with Crippen molar-refractivity contribution in [3.8, 4) is 5.75 Å². The number of hydrogen-bond acceptors (Lipinski definition) is 1. The first kappa shape index (κ1) is 13.2.